The SMILES string of the molecule is CCCOc1cccc(-c2nc(CNC3CC3)no2)c1. The van der Waals surface area contributed by atoms with E-state index in [0.29, 0.717) is 30.9 Å². The number of aromatic nitrogens is 2. The monoisotopic (exact) mass is 273 g/mol. The van der Waals surface area contributed by atoms with Crippen LogP contribution in [0.2, 0.25) is 0 Å². The molecule has 0 unspecified atom stereocenters. The minimum absolute atomic E-state index is 0.541. The van der Waals surface area contributed by atoms with Gasteiger partial charge in [0.2, 0.25) is 0 Å². The summed E-state index contributed by atoms with van der Waals surface area (Å²) < 4.78 is 10.9. The van der Waals surface area contributed by atoms with Crippen molar-refractivity contribution in [2.75, 3.05) is 6.61 Å². The molecular formula is C15H19N3O2. The van der Waals surface area contributed by atoms with Gasteiger partial charge in [0, 0.05) is 11.6 Å². The first-order chi connectivity index (χ1) is 9.85. The predicted octanol–water partition coefficient (Wildman–Crippen LogP) is 2.78. The van der Waals surface area contributed by atoms with Crippen LogP contribution in [-0.4, -0.2) is 22.8 Å². The van der Waals surface area contributed by atoms with Crippen LogP contribution in [-0.2, 0) is 6.54 Å². The van der Waals surface area contributed by atoms with Gasteiger partial charge in [-0.25, -0.2) is 0 Å². The maximum absolute atomic E-state index is 5.61. The van der Waals surface area contributed by atoms with E-state index in [1.54, 1.807) is 0 Å². The van der Waals surface area contributed by atoms with Crippen molar-refractivity contribution in [1.82, 2.24) is 15.5 Å². The van der Waals surface area contributed by atoms with Gasteiger partial charge in [-0.15, -0.1) is 0 Å². The minimum atomic E-state index is 0.541. The predicted molar refractivity (Wildman–Crippen MR) is 75.4 cm³/mol. The van der Waals surface area contributed by atoms with E-state index in [1.807, 2.05) is 24.3 Å². The molecule has 0 atom stereocenters. The quantitative estimate of drug-likeness (QED) is 0.840. The first-order valence-electron chi connectivity index (χ1n) is 7.14. The van der Waals surface area contributed by atoms with Gasteiger partial charge in [-0.1, -0.05) is 18.1 Å². The summed E-state index contributed by atoms with van der Waals surface area (Å²) >= 11 is 0. The third-order valence-corrected chi connectivity index (χ3v) is 3.15. The van der Waals surface area contributed by atoms with Crippen LogP contribution in [0.5, 0.6) is 5.75 Å². The van der Waals surface area contributed by atoms with Crippen LogP contribution in [0.25, 0.3) is 11.5 Å². The van der Waals surface area contributed by atoms with Gasteiger partial charge in [0.05, 0.1) is 13.2 Å². The van der Waals surface area contributed by atoms with Crippen molar-refractivity contribution in [2.45, 2.75) is 38.8 Å². The number of nitrogens with one attached hydrogen (secondary N) is 1. The van der Waals surface area contributed by atoms with Crippen molar-refractivity contribution in [2.24, 2.45) is 0 Å². The fraction of sp³-hybridized carbons (Fsp3) is 0.467. The Hall–Kier alpha value is -1.88. The molecule has 0 aliphatic heterocycles. The largest absolute Gasteiger partial charge is 0.494 e. The van der Waals surface area contributed by atoms with Crippen LogP contribution in [0, 0.1) is 0 Å². The summed E-state index contributed by atoms with van der Waals surface area (Å²) in [5, 5.41) is 7.36. The average molecular weight is 273 g/mol. The second-order valence-electron chi connectivity index (χ2n) is 5.05. The zero-order valence-corrected chi connectivity index (χ0v) is 11.6. The lowest BCUT2D eigenvalue weighted by atomic mass is 10.2. The number of ether oxygens (including phenoxy) is 1. The molecular weight excluding hydrogens is 254 g/mol. The van der Waals surface area contributed by atoms with Crippen LogP contribution >= 0.6 is 0 Å². The molecule has 1 aromatic carbocycles. The molecule has 5 heteroatoms. The summed E-state index contributed by atoms with van der Waals surface area (Å²) in [5.41, 5.74) is 0.892. The molecule has 1 fully saturated rings. The Balaban J connectivity index is 1.67. The molecule has 1 saturated carbocycles. The average Bonchev–Trinajstić information content (AvgIpc) is 3.20. The fourth-order valence-electron chi connectivity index (χ4n) is 1.90. The lowest BCUT2D eigenvalue weighted by molar-refractivity contribution is 0.317. The van der Waals surface area contributed by atoms with E-state index in [0.717, 1.165) is 17.7 Å². The highest BCUT2D eigenvalue weighted by molar-refractivity contribution is 5.55. The fourth-order valence-corrected chi connectivity index (χ4v) is 1.90. The molecule has 0 radical (unpaired) electrons. The highest BCUT2D eigenvalue weighted by Crippen LogP contribution is 2.23. The maximum Gasteiger partial charge on any atom is 0.258 e. The molecule has 3 rings (SSSR count). The molecule has 0 spiro atoms. The standard InChI is InChI=1S/C15H19N3O2/c1-2-8-19-13-5-3-4-11(9-13)15-17-14(18-20-15)10-16-12-6-7-12/h3-5,9,12,16H,2,6-8,10H2,1H3. The Labute approximate surface area is 118 Å². The second kappa shape index (κ2) is 6.05. The first kappa shape index (κ1) is 13.1. The van der Waals surface area contributed by atoms with Crippen LogP contribution in [0.4, 0.5) is 0 Å². The number of hydrogen-bond donors (Lipinski definition) is 1. The van der Waals surface area contributed by atoms with Gasteiger partial charge in [-0.3, -0.25) is 0 Å². The maximum atomic E-state index is 5.61. The number of hydrogen-bond acceptors (Lipinski definition) is 5. The molecule has 1 aliphatic rings. The smallest absolute Gasteiger partial charge is 0.258 e. The minimum Gasteiger partial charge on any atom is -0.494 e. The first-order valence-corrected chi connectivity index (χ1v) is 7.14. The Bertz CT molecular complexity index is 564. The van der Waals surface area contributed by atoms with Gasteiger partial charge in [0.15, 0.2) is 5.82 Å². The molecule has 0 bridgehead atoms. The molecule has 0 saturated heterocycles. The highest BCUT2D eigenvalue weighted by Gasteiger charge is 2.21. The molecule has 1 heterocycles. The summed E-state index contributed by atoms with van der Waals surface area (Å²) in [6.07, 6.45) is 3.49. The van der Waals surface area contributed by atoms with Gasteiger partial charge in [0.25, 0.3) is 5.89 Å². The Morgan fingerprint density at radius 3 is 3.10 bits per heavy atom. The third kappa shape index (κ3) is 3.36. The van der Waals surface area contributed by atoms with Crippen LogP contribution in [0.15, 0.2) is 28.8 Å². The molecule has 1 aromatic heterocycles. The van der Waals surface area contributed by atoms with Crippen LogP contribution < -0.4 is 10.1 Å². The van der Waals surface area contributed by atoms with Gasteiger partial charge < -0.3 is 14.6 Å². The zero-order valence-electron chi connectivity index (χ0n) is 11.6. The van der Waals surface area contributed by atoms with E-state index < -0.39 is 0 Å². The molecule has 2 aromatic rings. The summed E-state index contributed by atoms with van der Waals surface area (Å²) in [4.78, 5) is 4.41. The van der Waals surface area contributed by atoms with Crippen molar-refractivity contribution in [3.63, 3.8) is 0 Å². The molecule has 1 N–H and O–H groups in total. The second-order valence-corrected chi connectivity index (χ2v) is 5.05. The summed E-state index contributed by atoms with van der Waals surface area (Å²) in [6.45, 7) is 3.46. The van der Waals surface area contributed by atoms with E-state index in [9.17, 15) is 0 Å². The molecule has 1 aliphatic carbocycles. The van der Waals surface area contributed by atoms with Crippen LogP contribution in [0.3, 0.4) is 0 Å². The topological polar surface area (TPSA) is 60.2 Å². The van der Waals surface area contributed by atoms with Gasteiger partial charge in [-0.2, -0.15) is 4.98 Å². The summed E-state index contributed by atoms with van der Waals surface area (Å²) in [5.74, 6) is 2.08. The summed E-state index contributed by atoms with van der Waals surface area (Å²) in [6, 6.07) is 8.39. The van der Waals surface area contributed by atoms with Crippen molar-refractivity contribution in [3.05, 3.63) is 30.1 Å². The van der Waals surface area contributed by atoms with E-state index >= 15 is 0 Å². The van der Waals surface area contributed by atoms with E-state index in [2.05, 4.69) is 22.4 Å². The summed E-state index contributed by atoms with van der Waals surface area (Å²) in [7, 11) is 0. The van der Waals surface area contributed by atoms with Crippen molar-refractivity contribution in [1.29, 1.82) is 0 Å². The molecule has 5 nitrogen and oxygen atoms in total. The molecule has 106 valence electrons. The van der Waals surface area contributed by atoms with Gasteiger partial charge >= 0.3 is 0 Å². The van der Waals surface area contributed by atoms with Crippen LogP contribution in [0.1, 0.15) is 32.0 Å². The lowest BCUT2D eigenvalue weighted by Crippen LogP contribution is -2.16. The Morgan fingerprint density at radius 1 is 1.40 bits per heavy atom. The van der Waals surface area contributed by atoms with Gasteiger partial charge in [0.1, 0.15) is 5.75 Å². The number of nitrogens with zero attached hydrogens (tertiary/aromatic N) is 2. The number of rotatable bonds is 7. The van der Waals surface area contributed by atoms with Crippen molar-refractivity contribution >= 4 is 0 Å². The Kier molecular flexibility index (Phi) is 3.97. The lowest BCUT2D eigenvalue weighted by Gasteiger charge is -2.04. The Morgan fingerprint density at radius 2 is 2.30 bits per heavy atom. The van der Waals surface area contributed by atoms with E-state index in [1.165, 1.54) is 12.8 Å². The highest BCUT2D eigenvalue weighted by atomic mass is 16.5. The zero-order chi connectivity index (χ0) is 13.8. The molecule has 0 amide bonds. The number of benzene rings is 1. The van der Waals surface area contributed by atoms with Gasteiger partial charge in [-0.05, 0) is 37.5 Å². The van der Waals surface area contributed by atoms with Crippen molar-refractivity contribution in [3.8, 4) is 17.2 Å². The van der Waals surface area contributed by atoms with E-state index in [4.69, 9.17) is 9.26 Å². The third-order valence-electron chi connectivity index (χ3n) is 3.15. The normalized spacial score (nSPS) is 14.4. The molecule has 20 heavy (non-hydrogen) atoms. The van der Waals surface area contributed by atoms with E-state index in [-0.39, 0.29) is 0 Å². The van der Waals surface area contributed by atoms with Crippen molar-refractivity contribution < 1.29 is 9.26 Å².